The van der Waals surface area contributed by atoms with Gasteiger partial charge in [-0.1, -0.05) is 41.9 Å². The van der Waals surface area contributed by atoms with E-state index in [1.54, 1.807) is 0 Å². The van der Waals surface area contributed by atoms with Gasteiger partial charge in [0.1, 0.15) is 11.3 Å². The Morgan fingerprint density at radius 2 is 2.04 bits per heavy atom. The summed E-state index contributed by atoms with van der Waals surface area (Å²) in [5, 5.41) is 13.4. The van der Waals surface area contributed by atoms with Crippen molar-refractivity contribution in [2.45, 2.75) is 6.54 Å². The Labute approximate surface area is 143 Å². The topological polar surface area (TPSA) is 71.5 Å². The predicted molar refractivity (Wildman–Crippen MR) is 93.8 cm³/mol. The predicted octanol–water partition coefficient (Wildman–Crippen LogP) is 4.12. The number of halogens is 1. The summed E-state index contributed by atoms with van der Waals surface area (Å²) in [6.45, 7) is 0.452. The van der Waals surface area contributed by atoms with Gasteiger partial charge < -0.3 is 15.2 Å². The maximum Gasteiger partial charge on any atom is 0.339 e. The van der Waals surface area contributed by atoms with Crippen LogP contribution in [0.4, 0.5) is 5.69 Å². The zero-order chi connectivity index (χ0) is 16.9. The van der Waals surface area contributed by atoms with E-state index in [4.69, 9.17) is 16.3 Å². The molecule has 0 aliphatic carbocycles. The number of alkyl halides is 1. The molecule has 0 saturated carbocycles. The lowest BCUT2D eigenvalue weighted by atomic mass is 10.1. The first-order valence-corrected chi connectivity index (χ1v) is 7.85. The standard InChI is InChI=1S/C18H15ClN2O3/c19-11-24-13-5-3-4-12(8-13)9-21-17-14-6-1-2-7-16(14)20-10-15(17)18(22)23/h1-8,10H,9,11H2,(H,20,21)(H,22,23). The van der Waals surface area contributed by atoms with E-state index in [0.717, 1.165) is 16.5 Å². The third-order valence-corrected chi connectivity index (χ3v) is 3.70. The second-order valence-corrected chi connectivity index (χ2v) is 5.34. The summed E-state index contributed by atoms with van der Waals surface area (Å²) >= 11 is 5.57. The van der Waals surface area contributed by atoms with E-state index in [1.807, 2.05) is 48.5 Å². The van der Waals surface area contributed by atoms with E-state index < -0.39 is 5.97 Å². The summed E-state index contributed by atoms with van der Waals surface area (Å²) < 4.78 is 5.26. The number of fused-ring (bicyclic) bond motifs is 1. The van der Waals surface area contributed by atoms with E-state index in [2.05, 4.69) is 10.3 Å². The molecule has 122 valence electrons. The molecule has 1 aromatic heterocycles. The highest BCUT2D eigenvalue weighted by Crippen LogP contribution is 2.27. The van der Waals surface area contributed by atoms with Crippen LogP contribution in [0.1, 0.15) is 15.9 Å². The van der Waals surface area contributed by atoms with Crippen LogP contribution in [-0.4, -0.2) is 22.1 Å². The summed E-state index contributed by atoms with van der Waals surface area (Å²) in [5.41, 5.74) is 2.39. The van der Waals surface area contributed by atoms with Gasteiger partial charge in [0, 0.05) is 18.1 Å². The highest BCUT2D eigenvalue weighted by atomic mass is 35.5. The number of nitrogens with zero attached hydrogens (tertiary/aromatic N) is 1. The van der Waals surface area contributed by atoms with Crippen LogP contribution in [0, 0.1) is 0 Å². The van der Waals surface area contributed by atoms with Crippen molar-refractivity contribution in [2.24, 2.45) is 0 Å². The van der Waals surface area contributed by atoms with E-state index in [1.165, 1.54) is 6.20 Å². The number of para-hydroxylation sites is 1. The van der Waals surface area contributed by atoms with Crippen molar-refractivity contribution >= 4 is 34.2 Å². The molecule has 0 saturated heterocycles. The van der Waals surface area contributed by atoms with Crippen LogP contribution >= 0.6 is 11.6 Å². The zero-order valence-electron chi connectivity index (χ0n) is 12.7. The molecule has 0 aliphatic rings. The molecule has 0 radical (unpaired) electrons. The number of carboxylic acids is 1. The maximum atomic E-state index is 11.5. The third kappa shape index (κ3) is 3.41. The Morgan fingerprint density at radius 1 is 1.21 bits per heavy atom. The number of rotatable bonds is 6. The number of carboxylic acid groups (broad SMARTS) is 1. The molecule has 0 spiro atoms. The number of ether oxygens (including phenoxy) is 1. The van der Waals surface area contributed by atoms with Gasteiger partial charge in [-0.2, -0.15) is 0 Å². The zero-order valence-corrected chi connectivity index (χ0v) is 13.5. The van der Waals surface area contributed by atoms with Gasteiger partial charge in [0.15, 0.2) is 6.07 Å². The Bertz CT molecular complexity index is 883. The van der Waals surface area contributed by atoms with Crippen molar-refractivity contribution in [2.75, 3.05) is 11.4 Å². The number of benzene rings is 2. The molecule has 1 heterocycles. The minimum atomic E-state index is -1.02. The molecule has 3 aromatic rings. The lowest BCUT2D eigenvalue weighted by Gasteiger charge is -2.13. The molecule has 5 nitrogen and oxygen atoms in total. The molecule has 0 aliphatic heterocycles. The number of hydrogen-bond donors (Lipinski definition) is 2. The molecular weight excluding hydrogens is 328 g/mol. The Kier molecular flexibility index (Phi) is 4.82. The van der Waals surface area contributed by atoms with Crippen LogP contribution in [0.25, 0.3) is 10.9 Å². The molecule has 24 heavy (non-hydrogen) atoms. The highest BCUT2D eigenvalue weighted by Gasteiger charge is 2.14. The van der Waals surface area contributed by atoms with Crippen molar-refractivity contribution in [1.29, 1.82) is 0 Å². The van der Waals surface area contributed by atoms with Crippen LogP contribution in [0.2, 0.25) is 0 Å². The van der Waals surface area contributed by atoms with Gasteiger partial charge >= 0.3 is 5.97 Å². The van der Waals surface area contributed by atoms with E-state index in [-0.39, 0.29) is 11.6 Å². The van der Waals surface area contributed by atoms with Crippen molar-refractivity contribution < 1.29 is 14.6 Å². The van der Waals surface area contributed by atoms with Crippen LogP contribution in [0.15, 0.2) is 54.7 Å². The summed E-state index contributed by atoms with van der Waals surface area (Å²) in [5.74, 6) is -0.350. The monoisotopic (exact) mass is 342 g/mol. The molecular formula is C18H15ClN2O3. The second-order valence-electron chi connectivity index (χ2n) is 5.12. The summed E-state index contributed by atoms with van der Waals surface area (Å²) in [6.07, 6.45) is 1.38. The van der Waals surface area contributed by atoms with Crippen LogP contribution in [0.5, 0.6) is 5.75 Å². The molecule has 3 rings (SSSR count). The Hall–Kier alpha value is -2.79. The van der Waals surface area contributed by atoms with Gasteiger partial charge in [-0.25, -0.2) is 4.79 Å². The average Bonchev–Trinajstić information content (AvgIpc) is 2.60. The smallest absolute Gasteiger partial charge is 0.339 e. The SMILES string of the molecule is O=C(O)c1cnc2ccccc2c1NCc1cccc(OCCl)c1. The first-order chi connectivity index (χ1) is 11.7. The third-order valence-electron chi connectivity index (χ3n) is 3.59. The normalized spacial score (nSPS) is 10.5. The van der Waals surface area contributed by atoms with E-state index >= 15 is 0 Å². The minimum absolute atomic E-state index is 0.0784. The van der Waals surface area contributed by atoms with Gasteiger partial charge in [0.05, 0.1) is 11.2 Å². The molecule has 2 aromatic carbocycles. The fourth-order valence-corrected chi connectivity index (χ4v) is 2.62. The number of carbonyl (C=O) groups is 1. The first kappa shape index (κ1) is 16.1. The van der Waals surface area contributed by atoms with Gasteiger partial charge in [-0.15, -0.1) is 0 Å². The minimum Gasteiger partial charge on any atom is -0.478 e. The largest absolute Gasteiger partial charge is 0.478 e. The molecule has 0 bridgehead atoms. The lowest BCUT2D eigenvalue weighted by Crippen LogP contribution is -2.08. The molecule has 0 amide bonds. The molecule has 0 fully saturated rings. The summed E-state index contributed by atoms with van der Waals surface area (Å²) in [6, 6.07) is 15.0. The van der Waals surface area contributed by atoms with Crippen molar-refractivity contribution in [3.8, 4) is 5.75 Å². The van der Waals surface area contributed by atoms with E-state index in [9.17, 15) is 9.90 Å². The fraction of sp³-hybridized carbons (Fsp3) is 0.111. The highest BCUT2D eigenvalue weighted by molar-refractivity contribution is 6.17. The van der Waals surface area contributed by atoms with Gasteiger partial charge in [-0.05, 0) is 23.8 Å². The molecule has 2 N–H and O–H groups in total. The summed E-state index contributed by atoms with van der Waals surface area (Å²) in [7, 11) is 0. The number of pyridine rings is 1. The molecule has 0 atom stereocenters. The van der Waals surface area contributed by atoms with Crippen molar-refractivity contribution in [3.63, 3.8) is 0 Å². The van der Waals surface area contributed by atoms with Gasteiger partial charge in [0.2, 0.25) is 0 Å². The fourth-order valence-electron chi connectivity index (χ4n) is 2.49. The van der Waals surface area contributed by atoms with E-state index in [0.29, 0.717) is 18.0 Å². The Balaban J connectivity index is 1.93. The number of aromatic nitrogens is 1. The lowest BCUT2D eigenvalue weighted by molar-refractivity contribution is 0.0697. The maximum absolute atomic E-state index is 11.5. The summed E-state index contributed by atoms with van der Waals surface area (Å²) in [4.78, 5) is 15.7. The van der Waals surface area contributed by atoms with Crippen LogP contribution in [0.3, 0.4) is 0 Å². The quantitative estimate of drug-likeness (QED) is 0.659. The number of nitrogens with one attached hydrogen (secondary N) is 1. The first-order valence-electron chi connectivity index (χ1n) is 7.31. The van der Waals surface area contributed by atoms with Crippen molar-refractivity contribution in [3.05, 3.63) is 65.9 Å². The molecule has 0 unspecified atom stereocenters. The van der Waals surface area contributed by atoms with Crippen LogP contribution in [-0.2, 0) is 6.54 Å². The van der Waals surface area contributed by atoms with Gasteiger partial charge in [0.25, 0.3) is 0 Å². The van der Waals surface area contributed by atoms with Gasteiger partial charge in [-0.3, -0.25) is 4.98 Å². The second kappa shape index (κ2) is 7.19. The van der Waals surface area contributed by atoms with Crippen LogP contribution < -0.4 is 10.1 Å². The average molecular weight is 343 g/mol. The Morgan fingerprint density at radius 3 is 2.83 bits per heavy atom. The van der Waals surface area contributed by atoms with Crippen molar-refractivity contribution in [1.82, 2.24) is 4.98 Å². The number of hydrogen-bond acceptors (Lipinski definition) is 4. The number of anilines is 1. The molecule has 6 heteroatoms. The number of aromatic carboxylic acids is 1.